The summed E-state index contributed by atoms with van der Waals surface area (Å²) in [7, 11) is 5.39. The van der Waals surface area contributed by atoms with Crippen LogP contribution in [0.25, 0.3) is 6.08 Å². The number of alkyl halides is 3. The van der Waals surface area contributed by atoms with Gasteiger partial charge in [-0.25, -0.2) is 0 Å². The molecule has 0 radical (unpaired) electrons. The highest BCUT2D eigenvalue weighted by Gasteiger charge is 2.75. The summed E-state index contributed by atoms with van der Waals surface area (Å²) in [5, 5.41) is 0. The third-order valence-corrected chi connectivity index (χ3v) is 9.69. The highest BCUT2D eigenvalue weighted by molar-refractivity contribution is 5.92. The molecule has 1 saturated carbocycles. The number of hydrogen-bond acceptors (Lipinski definition) is 6. The molecule has 1 spiro atoms. The summed E-state index contributed by atoms with van der Waals surface area (Å²) >= 11 is 0. The Morgan fingerprint density at radius 1 is 1.15 bits per heavy atom. The molecule has 2 aromatic rings. The molecule has 2 bridgehead atoms. The molecule has 2 aliphatic heterocycles. The van der Waals surface area contributed by atoms with E-state index in [4.69, 9.17) is 14.2 Å². The zero-order valence-electron chi connectivity index (χ0n) is 23.5. The highest BCUT2D eigenvalue weighted by Crippen LogP contribution is 2.67. The van der Waals surface area contributed by atoms with E-state index in [0.717, 1.165) is 29.8 Å². The summed E-state index contributed by atoms with van der Waals surface area (Å²) in [5.74, 6) is 0.628. The average Bonchev–Trinajstić information content (AvgIpc) is 3.28. The first kappa shape index (κ1) is 27.6. The Kier molecular flexibility index (Phi) is 6.41. The van der Waals surface area contributed by atoms with Gasteiger partial charge in [-0.1, -0.05) is 18.2 Å². The Labute approximate surface area is 236 Å². The number of halogens is 3. The lowest BCUT2D eigenvalue weighted by Crippen LogP contribution is -2.78. The fourth-order valence-electron chi connectivity index (χ4n) is 7.94. The lowest BCUT2D eigenvalue weighted by molar-refractivity contribution is -0.220. The first-order valence-electron chi connectivity index (χ1n) is 13.8. The number of carbonyl (C=O) groups excluding carboxylic acids is 2. The fourth-order valence-corrected chi connectivity index (χ4v) is 7.94. The van der Waals surface area contributed by atoms with Gasteiger partial charge < -0.3 is 19.1 Å². The van der Waals surface area contributed by atoms with Crippen LogP contribution in [0, 0.1) is 0 Å². The molecule has 10 heteroatoms. The third kappa shape index (κ3) is 3.97. The molecule has 0 N–H and O–H groups in total. The van der Waals surface area contributed by atoms with Crippen molar-refractivity contribution in [3.05, 3.63) is 64.7 Å². The molecule has 2 aliphatic carbocycles. The minimum atomic E-state index is -4.42. The van der Waals surface area contributed by atoms with Crippen molar-refractivity contribution in [3.8, 4) is 11.5 Å². The van der Waals surface area contributed by atoms with Crippen LogP contribution < -0.4 is 9.47 Å². The number of methoxy groups -OCH3 is 1. The molecule has 7 nitrogen and oxygen atoms in total. The second-order valence-electron chi connectivity index (χ2n) is 11.6. The number of ether oxygens (including phenoxy) is 3. The summed E-state index contributed by atoms with van der Waals surface area (Å²) in [6.07, 6.45) is 0.489. The number of amides is 1. The number of rotatable bonds is 5. The van der Waals surface area contributed by atoms with Gasteiger partial charge in [0.2, 0.25) is 5.91 Å². The van der Waals surface area contributed by atoms with Gasteiger partial charge in [0.15, 0.2) is 11.5 Å². The van der Waals surface area contributed by atoms with E-state index in [1.54, 1.807) is 19.1 Å². The van der Waals surface area contributed by atoms with Crippen molar-refractivity contribution >= 4 is 18.0 Å². The normalized spacial score (nSPS) is 30.0. The lowest BCUT2D eigenvalue weighted by Gasteiger charge is -2.65. The molecule has 4 aliphatic rings. The molecule has 41 heavy (non-hydrogen) atoms. The van der Waals surface area contributed by atoms with Crippen LogP contribution in [0.15, 0.2) is 42.5 Å². The van der Waals surface area contributed by atoms with Crippen molar-refractivity contribution in [3.63, 3.8) is 0 Å². The van der Waals surface area contributed by atoms with Gasteiger partial charge in [-0.05, 0) is 74.7 Å². The first-order valence-corrected chi connectivity index (χ1v) is 13.8. The number of likely N-dealkylation sites (N-methyl/N-ethyl adjacent to an activating group) is 2. The number of benzene rings is 2. The summed E-state index contributed by atoms with van der Waals surface area (Å²) in [5.41, 5.74) is 0.421. The fraction of sp³-hybridized carbons (Fsp3) is 0.484. The predicted octanol–water partition coefficient (Wildman–Crippen LogP) is 4.61. The maximum atomic E-state index is 13.5. The number of carbonyl (C=O) groups is 2. The topological polar surface area (TPSA) is 68.3 Å². The van der Waals surface area contributed by atoms with Crippen molar-refractivity contribution < 1.29 is 37.0 Å². The first-order chi connectivity index (χ1) is 19.4. The summed E-state index contributed by atoms with van der Waals surface area (Å²) in [6.45, 7) is 2.23. The van der Waals surface area contributed by atoms with Gasteiger partial charge in [-0.2, -0.15) is 13.2 Å². The van der Waals surface area contributed by atoms with E-state index in [0.29, 0.717) is 42.7 Å². The van der Waals surface area contributed by atoms with Gasteiger partial charge in [0, 0.05) is 25.6 Å². The minimum Gasteiger partial charge on any atom is -0.493 e. The standard InChI is InChI=1S/C31H33F3N2O5/c1-18(37)41-30-14-13-22(36(3)25(38)12-7-19-5-9-21(10-6-19)31(32,33)34)28-29(30)15-16-35(2)24(30)17-20-8-11-23(39-4)27(40-28)26(20)29/h5-12,22,24,28H,13-17H2,1-4H3/t22-,24+,28-,29-,30+/m0/s1. The largest absolute Gasteiger partial charge is 0.493 e. The summed E-state index contributed by atoms with van der Waals surface area (Å²) in [4.78, 5) is 30.0. The Morgan fingerprint density at radius 2 is 1.88 bits per heavy atom. The molecular formula is C31H33F3N2O5. The Bertz CT molecular complexity index is 1420. The zero-order chi connectivity index (χ0) is 29.3. The number of hydrogen-bond donors (Lipinski definition) is 0. The molecule has 2 fully saturated rings. The monoisotopic (exact) mass is 570 g/mol. The van der Waals surface area contributed by atoms with Crippen molar-refractivity contribution in [2.45, 2.75) is 68.0 Å². The van der Waals surface area contributed by atoms with E-state index >= 15 is 0 Å². The molecule has 218 valence electrons. The van der Waals surface area contributed by atoms with Crippen LogP contribution in [0.1, 0.15) is 48.4 Å². The number of piperidine rings is 1. The molecule has 6 rings (SSSR count). The molecule has 1 amide bonds. The second kappa shape index (κ2) is 9.51. The molecular weight excluding hydrogens is 537 g/mol. The Hall–Kier alpha value is -3.53. The molecule has 2 heterocycles. The van der Waals surface area contributed by atoms with E-state index < -0.39 is 28.9 Å². The van der Waals surface area contributed by atoms with Crippen molar-refractivity contribution in [1.29, 1.82) is 0 Å². The number of likely N-dealkylation sites (tertiary alicyclic amines) is 1. The van der Waals surface area contributed by atoms with Crippen LogP contribution in [0.3, 0.4) is 0 Å². The third-order valence-electron chi connectivity index (χ3n) is 9.69. The van der Waals surface area contributed by atoms with Gasteiger partial charge >= 0.3 is 12.1 Å². The average molecular weight is 571 g/mol. The van der Waals surface area contributed by atoms with E-state index in [2.05, 4.69) is 18.0 Å². The number of esters is 1. The van der Waals surface area contributed by atoms with Gasteiger partial charge in [0.25, 0.3) is 0 Å². The molecule has 1 saturated heterocycles. The van der Waals surface area contributed by atoms with Gasteiger partial charge in [0.1, 0.15) is 11.7 Å². The van der Waals surface area contributed by atoms with Crippen molar-refractivity contribution in [2.24, 2.45) is 0 Å². The maximum Gasteiger partial charge on any atom is 0.416 e. The minimum absolute atomic E-state index is 0.0420. The summed E-state index contributed by atoms with van der Waals surface area (Å²) in [6, 6.07) is 8.27. The molecule has 0 aromatic heterocycles. The lowest BCUT2D eigenvalue weighted by atomic mass is 9.48. The van der Waals surface area contributed by atoms with Crippen LogP contribution in [0.5, 0.6) is 11.5 Å². The molecule has 5 atom stereocenters. The predicted molar refractivity (Wildman–Crippen MR) is 145 cm³/mol. The molecule has 2 aromatic carbocycles. The van der Waals surface area contributed by atoms with Crippen LogP contribution in [-0.2, 0) is 32.3 Å². The van der Waals surface area contributed by atoms with Crippen molar-refractivity contribution in [2.75, 3.05) is 27.7 Å². The summed E-state index contributed by atoms with van der Waals surface area (Å²) < 4.78 is 57.7. The van der Waals surface area contributed by atoms with Gasteiger partial charge in [-0.15, -0.1) is 0 Å². The maximum absolute atomic E-state index is 13.5. The smallest absolute Gasteiger partial charge is 0.416 e. The van der Waals surface area contributed by atoms with E-state index in [9.17, 15) is 22.8 Å². The molecule has 0 unspecified atom stereocenters. The van der Waals surface area contributed by atoms with Crippen molar-refractivity contribution in [1.82, 2.24) is 9.80 Å². The Morgan fingerprint density at radius 3 is 2.54 bits per heavy atom. The second-order valence-corrected chi connectivity index (χ2v) is 11.6. The zero-order valence-corrected chi connectivity index (χ0v) is 23.5. The van der Waals surface area contributed by atoms with E-state index in [-0.39, 0.29) is 24.0 Å². The van der Waals surface area contributed by atoms with E-state index in [1.807, 2.05) is 6.07 Å². The number of nitrogens with zero attached hydrogens (tertiary/aromatic N) is 2. The Balaban J connectivity index is 1.37. The van der Waals surface area contributed by atoms with Crippen LogP contribution in [0.2, 0.25) is 0 Å². The van der Waals surface area contributed by atoms with Gasteiger partial charge in [0.05, 0.1) is 30.2 Å². The van der Waals surface area contributed by atoms with Crippen LogP contribution in [0.4, 0.5) is 13.2 Å². The van der Waals surface area contributed by atoms with Crippen LogP contribution >= 0.6 is 0 Å². The quantitative estimate of drug-likeness (QED) is 0.387. The van der Waals surface area contributed by atoms with Gasteiger partial charge in [-0.3, -0.25) is 14.5 Å². The SMILES string of the molecule is COc1ccc2c3c1O[C@H]1[C@@H](N(C)C(=O)C=Cc4ccc(C(F)(F)F)cc4)CC[C@@]4(OC(C)=O)[C@@H](C2)N(C)CC[C@]314. The highest BCUT2D eigenvalue weighted by atomic mass is 19.4. The van der Waals surface area contributed by atoms with Crippen LogP contribution in [-0.4, -0.2) is 73.2 Å². The van der Waals surface area contributed by atoms with E-state index in [1.165, 1.54) is 31.2 Å².